The van der Waals surface area contributed by atoms with Crippen molar-refractivity contribution in [3.05, 3.63) is 45.2 Å². The van der Waals surface area contributed by atoms with E-state index in [4.69, 9.17) is 0 Å². The van der Waals surface area contributed by atoms with Gasteiger partial charge in [-0.25, -0.2) is 9.97 Å². The van der Waals surface area contributed by atoms with Crippen LogP contribution < -0.4 is 5.32 Å². The number of aryl methyl sites for hydroxylation is 3. The number of aromatic nitrogens is 2. The van der Waals surface area contributed by atoms with Gasteiger partial charge in [-0.05, 0) is 56.7 Å². The van der Waals surface area contributed by atoms with E-state index >= 15 is 0 Å². The third-order valence-corrected chi connectivity index (χ3v) is 5.04. The summed E-state index contributed by atoms with van der Waals surface area (Å²) in [6.45, 7) is 5.96. The Labute approximate surface area is 149 Å². The number of nitrogens with zero attached hydrogens (tertiary/aromatic N) is 2. The minimum absolute atomic E-state index is 0.00602. The standard InChI is InChI=1S/C17H20BrN3OS/c1-10-5-6-13(9-15(10)18)21-16(22)8-7-14-11(2)19-17(23-4)20-12(14)3/h5-6,9H,7-8H2,1-4H3,(H,21,22). The van der Waals surface area contributed by atoms with Crippen LogP contribution in [0.1, 0.15) is 28.9 Å². The van der Waals surface area contributed by atoms with Crippen molar-refractivity contribution >= 4 is 39.3 Å². The van der Waals surface area contributed by atoms with Gasteiger partial charge in [0.25, 0.3) is 0 Å². The molecular weight excluding hydrogens is 374 g/mol. The average molecular weight is 394 g/mol. The van der Waals surface area contributed by atoms with Gasteiger partial charge in [-0.1, -0.05) is 33.8 Å². The van der Waals surface area contributed by atoms with Gasteiger partial charge in [0.2, 0.25) is 5.91 Å². The number of benzene rings is 1. The van der Waals surface area contributed by atoms with Crippen LogP contribution in [-0.2, 0) is 11.2 Å². The molecule has 0 spiro atoms. The number of halogens is 1. The number of rotatable bonds is 5. The predicted molar refractivity (Wildman–Crippen MR) is 99.1 cm³/mol. The molecule has 6 heteroatoms. The van der Waals surface area contributed by atoms with E-state index in [1.165, 1.54) is 11.8 Å². The quantitative estimate of drug-likeness (QED) is 0.601. The third kappa shape index (κ3) is 4.78. The first-order chi connectivity index (χ1) is 10.9. The molecule has 1 aromatic heterocycles. The van der Waals surface area contributed by atoms with Gasteiger partial charge in [0.15, 0.2) is 5.16 Å². The summed E-state index contributed by atoms with van der Waals surface area (Å²) in [5, 5.41) is 3.70. The van der Waals surface area contributed by atoms with Gasteiger partial charge < -0.3 is 5.32 Å². The van der Waals surface area contributed by atoms with E-state index < -0.39 is 0 Å². The largest absolute Gasteiger partial charge is 0.326 e. The first-order valence-electron chi connectivity index (χ1n) is 7.35. The summed E-state index contributed by atoms with van der Waals surface area (Å²) in [6.07, 6.45) is 3.02. The molecule has 1 heterocycles. The molecule has 1 N–H and O–H groups in total. The molecule has 4 nitrogen and oxygen atoms in total. The minimum atomic E-state index is -0.00602. The molecule has 0 aliphatic carbocycles. The molecule has 0 radical (unpaired) electrons. The number of thioether (sulfide) groups is 1. The fourth-order valence-electron chi connectivity index (χ4n) is 2.29. The lowest BCUT2D eigenvalue weighted by Crippen LogP contribution is -2.13. The van der Waals surface area contributed by atoms with E-state index in [2.05, 4.69) is 31.2 Å². The minimum Gasteiger partial charge on any atom is -0.326 e. The van der Waals surface area contributed by atoms with Gasteiger partial charge in [-0.3, -0.25) is 4.79 Å². The van der Waals surface area contributed by atoms with Gasteiger partial charge >= 0.3 is 0 Å². The van der Waals surface area contributed by atoms with E-state index in [0.29, 0.717) is 12.8 Å². The average Bonchev–Trinajstić information content (AvgIpc) is 2.50. The molecule has 0 atom stereocenters. The van der Waals surface area contributed by atoms with Crippen molar-refractivity contribution < 1.29 is 4.79 Å². The highest BCUT2D eigenvalue weighted by Crippen LogP contribution is 2.21. The first-order valence-corrected chi connectivity index (χ1v) is 9.36. The Bertz CT molecular complexity index is 711. The fourth-order valence-corrected chi connectivity index (χ4v) is 3.13. The van der Waals surface area contributed by atoms with Gasteiger partial charge in [-0.2, -0.15) is 0 Å². The molecule has 0 bridgehead atoms. The molecular formula is C17H20BrN3OS. The number of carbonyl (C=O) groups excluding carboxylic acids is 1. The van der Waals surface area contributed by atoms with Gasteiger partial charge in [0, 0.05) is 28.0 Å². The lowest BCUT2D eigenvalue weighted by atomic mass is 10.1. The Kier molecular flexibility index (Phi) is 6.18. The highest BCUT2D eigenvalue weighted by molar-refractivity contribution is 9.10. The predicted octanol–water partition coefficient (Wildman–Crippen LogP) is 4.46. The van der Waals surface area contributed by atoms with Crippen molar-refractivity contribution in [2.75, 3.05) is 11.6 Å². The van der Waals surface area contributed by atoms with Gasteiger partial charge in [0.1, 0.15) is 0 Å². The number of nitrogens with one attached hydrogen (secondary N) is 1. The molecule has 1 aromatic carbocycles. The topological polar surface area (TPSA) is 54.9 Å². The molecule has 0 aliphatic rings. The summed E-state index contributed by atoms with van der Waals surface area (Å²) in [7, 11) is 0. The second-order valence-corrected chi connectivity index (χ2v) is 7.00. The molecule has 1 amide bonds. The van der Waals surface area contributed by atoms with Crippen molar-refractivity contribution in [3.63, 3.8) is 0 Å². The molecule has 2 aromatic rings. The normalized spacial score (nSPS) is 10.7. The summed E-state index contributed by atoms with van der Waals surface area (Å²) in [5.41, 5.74) is 4.90. The molecule has 0 saturated heterocycles. The maximum atomic E-state index is 12.2. The molecule has 0 saturated carbocycles. The van der Waals surface area contributed by atoms with Crippen LogP contribution in [0.3, 0.4) is 0 Å². The zero-order valence-corrected chi connectivity index (χ0v) is 16.1. The number of amides is 1. The Morgan fingerprint density at radius 3 is 2.43 bits per heavy atom. The van der Waals surface area contributed by atoms with Crippen molar-refractivity contribution in [2.24, 2.45) is 0 Å². The van der Waals surface area contributed by atoms with Crippen molar-refractivity contribution in [1.29, 1.82) is 0 Å². The highest BCUT2D eigenvalue weighted by atomic mass is 79.9. The van der Waals surface area contributed by atoms with Gasteiger partial charge in [0.05, 0.1) is 0 Å². The second-order valence-electron chi connectivity index (χ2n) is 5.37. The van der Waals surface area contributed by atoms with E-state index in [1.54, 1.807) is 0 Å². The van der Waals surface area contributed by atoms with Crippen LogP contribution in [0.5, 0.6) is 0 Å². The van der Waals surface area contributed by atoms with Crippen LogP contribution >= 0.6 is 27.7 Å². The monoisotopic (exact) mass is 393 g/mol. The van der Waals surface area contributed by atoms with Crippen LogP contribution in [0.15, 0.2) is 27.8 Å². The Morgan fingerprint density at radius 2 is 1.87 bits per heavy atom. The number of hydrogen-bond donors (Lipinski definition) is 1. The van der Waals surface area contributed by atoms with Crippen molar-refractivity contribution in [2.45, 2.75) is 38.8 Å². The summed E-state index contributed by atoms with van der Waals surface area (Å²) in [4.78, 5) is 21.1. The summed E-state index contributed by atoms with van der Waals surface area (Å²) < 4.78 is 0.989. The fraction of sp³-hybridized carbons (Fsp3) is 0.353. The first kappa shape index (κ1) is 17.9. The number of carbonyl (C=O) groups is 1. The van der Waals surface area contributed by atoms with Crippen molar-refractivity contribution in [3.8, 4) is 0 Å². The zero-order valence-electron chi connectivity index (χ0n) is 13.7. The van der Waals surface area contributed by atoms with Crippen LogP contribution in [-0.4, -0.2) is 22.1 Å². The molecule has 0 unspecified atom stereocenters. The molecule has 122 valence electrons. The maximum absolute atomic E-state index is 12.2. The lowest BCUT2D eigenvalue weighted by Gasteiger charge is -2.10. The van der Waals surface area contributed by atoms with Crippen LogP contribution in [0.2, 0.25) is 0 Å². The summed E-state index contributed by atoms with van der Waals surface area (Å²) in [6, 6.07) is 5.80. The summed E-state index contributed by atoms with van der Waals surface area (Å²) in [5.74, 6) is -0.00602. The molecule has 0 aliphatic heterocycles. The second kappa shape index (κ2) is 7.93. The molecule has 0 fully saturated rings. The van der Waals surface area contributed by atoms with Crippen molar-refractivity contribution in [1.82, 2.24) is 9.97 Å². The number of hydrogen-bond acceptors (Lipinski definition) is 4. The smallest absolute Gasteiger partial charge is 0.224 e. The third-order valence-electron chi connectivity index (χ3n) is 3.64. The van der Waals surface area contributed by atoms with Crippen LogP contribution in [0.4, 0.5) is 5.69 Å². The van der Waals surface area contributed by atoms with E-state index in [9.17, 15) is 4.79 Å². The van der Waals surface area contributed by atoms with E-state index in [0.717, 1.165) is 37.8 Å². The maximum Gasteiger partial charge on any atom is 0.224 e. The zero-order chi connectivity index (χ0) is 17.0. The van der Waals surface area contributed by atoms with E-state index in [1.807, 2.05) is 45.2 Å². The molecule has 2 rings (SSSR count). The molecule has 23 heavy (non-hydrogen) atoms. The van der Waals surface area contributed by atoms with E-state index in [-0.39, 0.29) is 5.91 Å². The van der Waals surface area contributed by atoms with Gasteiger partial charge in [-0.15, -0.1) is 0 Å². The van der Waals surface area contributed by atoms with Crippen LogP contribution in [0.25, 0.3) is 0 Å². The SMILES string of the molecule is CSc1nc(C)c(CCC(=O)Nc2ccc(C)c(Br)c2)c(C)n1. The Morgan fingerprint density at radius 1 is 1.22 bits per heavy atom. The van der Waals surface area contributed by atoms with Crippen LogP contribution in [0, 0.1) is 20.8 Å². The lowest BCUT2D eigenvalue weighted by molar-refractivity contribution is -0.116. The number of anilines is 1. The Balaban J connectivity index is 2.00. The summed E-state index contributed by atoms with van der Waals surface area (Å²) >= 11 is 5.00. The highest BCUT2D eigenvalue weighted by Gasteiger charge is 2.11. The Hall–Kier alpha value is -1.40.